The topological polar surface area (TPSA) is 61.6 Å². The van der Waals surface area contributed by atoms with Crippen molar-refractivity contribution in [2.45, 2.75) is 0 Å². The minimum Gasteiger partial charge on any atom is -0.337 e. The summed E-state index contributed by atoms with van der Waals surface area (Å²) in [7, 11) is 0. The van der Waals surface area contributed by atoms with Gasteiger partial charge in [0.25, 0.3) is 0 Å². The maximum Gasteiger partial charge on any atom is 0.183 e. The number of nitrogens with zero attached hydrogens (tertiary/aromatic N) is 3. The summed E-state index contributed by atoms with van der Waals surface area (Å²) >= 11 is 1.58. The van der Waals surface area contributed by atoms with Gasteiger partial charge < -0.3 is 5.32 Å². The summed E-state index contributed by atoms with van der Waals surface area (Å²) in [6.07, 6.45) is 3.05. The molecule has 0 aliphatic rings. The molecule has 0 saturated carbocycles. The highest BCUT2D eigenvalue weighted by Gasteiger charge is 2.03. The van der Waals surface area contributed by atoms with Gasteiger partial charge in [0, 0.05) is 17.8 Å². The molecular formula is C9H6N4S. The largest absolute Gasteiger partial charge is 0.337 e. The molecule has 0 amide bonds. The summed E-state index contributed by atoms with van der Waals surface area (Å²) in [5.74, 6) is 0.494. The van der Waals surface area contributed by atoms with Gasteiger partial charge in [0.1, 0.15) is 6.07 Å². The van der Waals surface area contributed by atoms with Crippen LogP contribution in [0.15, 0.2) is 29.2 Å². The molecule has 2 aromatic heterocycles. The molecule has 0 aromatic carbocycles. The first-order chi connectivity index (χ1) is 6.90. The predicted molar refractivity (Wildman–Crippen MR) is 54.3 cm³/mol. The third kappa shape index (κ3) is 1.70. The smallest absolute Gasteiger partial charge is 0.183 e. The van der Waals surface area contributed by atoms with Gasteiger partial charge in [-0.1, -0.05) is 0 Å². The Morgan fingerprint density at radius 3 is 2.93 bits per heavy atom. The molecule has 4 nitrogen and oxygen atoms in total. The van der Waals surface area contributed by atoms with E-state index in [9.17, 15) is 0 Å². The zero-order valence-electron chi connectivity index (χ0n) is 7.14. The lowest BCUT2D eigenvalue weighted by Crippen LogP contribution is -1.97. The number of nitriles is 1. The molecule has 0 aliphatic heterocycles. The van der Waals surface area contributed by atoms with E-state index in [1.165, 1.54) is 6.20 Å². The fourth-order valence-electron chi connectivity index (χ4n) is 0.984. The molecule has 0 aliphatic carbocycles. The number of rotatable bonds is 2. The van der Waals surface area contributed by atoms with Crippen molar-refractivity contribution in [2.24, 2.45) is 0 Å². The van der Waals surface area contributed by atoms with E-state index in [-0.39, 0.29) is 0 Å². The van der Waals surface area contributed by atoms with Crippen molar-refractivity contribution < 1.29 is 0 Å². The minimum atomic E-state index is 0.304. The Hall–Kier alpha value is -1.93. The van der Waals surface area contributed by atoms with Gasteiger partial charge in [0.05, 0.1) is 5.69 Å². The van der Waals surface area contributed by atoms with Gasteiger partial charge in [-0.25, -0.2) is 9.97 Å². The highest BCUT2D eigenvalue weighted by Crippen LogP contribution is 2.18. The van der Waals surface area contributed by atoms with Crippen molar-refractivity contribution in [2.75, 3.05) is 5.32 Å². The molecule has 0 saturated heterocycles. The highest BCUT2D eigenvalue weighted by atomic mass is 32.1. The average Bonchev–Trinajstić information content (AvgIpc) is 2.71. The van der Waals surface area contributed by atoms with Crippen molar-refractivity contribution in [3.8, 4) is 6.07 Å². The molecule has 0 bridgehead atoms. The number of nitrogens with one attached hydrogen (secondary N) is 1. The number of hydrogen-bond donors (Lipinski definition) is 1. The molecule has 1 N–H and O–H groups in total. The van der Waals surface area contributed by atoms with E-state index in [1.54, 1.807) is 17.5 Å². The van der Waals surface area contributed by atoms with Crippen LogP contribution in [0.5, 0.6) is 0 Å². The van der Waals surface area contributed by atoms with Gasteiger partial charge >= 0.3 is 0 Å². The van der Waals surface area contributed by atoms with Crippen molar-refractivity contribution in [1.29, 1.82) is 5.26 Å². The van der Waals surface area contributed by atoms with Crippen molar-refractivity contribution in [3.63, 3.8) is 0 Å². The first-order valence-corrected chi connectivity index (χ1v) is 4.85. The van der Waals surface area contributed by atoms with Crippen molar-refractivity contribution in [1.82, 2.24) is 9.97 Å². The standard InChI is InChI=1S/C9H6N4S/c10-5-8-9(12-3-2-11-8)13-7-1-4-14-6-7/h1-4,6H,(H,12,13). The lowest BCUT2D eigenvalue weighted by atomic mass is 10.4. The quantitative estimate of drug-likeness (QED) is 0.810. The zero-order chi connectivity index (χ0) is 9.80. The number of thiophene rings is 1. The molecule has 0 atom stereocenters. The van der Waals surface area contributed by atoms with Crippen LogP contribution in [0.25, 0.3) is 0 Å². The van der Waals surface area contributed by atoms with Crippen LogP contribution in [0.3, 0.4) is 0 Å². The number of anilines is 2. The third-order valence-corrected chi connectivity index (χ3v) is 2.27. The third-order valence-electron chi connectivity index (χ3n) is 1.59. The molecule has 0 unspecified atom stereocenters. The first kappa shape index (κ1) is 8.66. The van der Waals surface area contributed by atoms with Crippen LogP contribution >= 0.6 is 11.3 Å². The molecule has 2 rings (SSSR count). The van der Waals surface area contributed by atoms with Crippen molar-refractivity contribution >= 4 is 22.8 Å². The Labute approximate surface area is 84.9 Å². The summed E-state index contributed by atoms with van der Waals surface area (Å²) in [6.45, 7) is 0. The van der Waals surface area contributed by atoms with Gasteiger partial charge in [-0.3, -0.25) is 0 Å². The Morgan fingerprint density at radius 2 is 2.21 bits per heavy atom. The van der Waals surface area contributed by atoms with E-state index >= 15 is 0 Å². The first-order valence-electron chi connectivity index (χ1n) is 3.90. The molecule has 0 spiro atoms. The fourth-order valence-corrected chi connectivity index (χ4v) is 1.57. The second-order valence-electron chi connectivity index (χ2n) is 2.50. The van der Waals surface area contributed by atoms with E-state index < -0.39 is 0 Å². The molecule has 68 valence electrons. The second-order valence-corrected chi connectivity index (χ2v) is 3.28. The summed E-state index contributed by atoms with van der Waals surface area (Å²) < 4.78 is 0. The molecule has 2 heterocycles. The molecule has 2 aromatic rings. The Morgan fingerprint density at radius 1 is 1.36 bits per heavy atom. The molecule has 0 fully saturated rings. The summed E-state index contributed by atoms with van der Waals surface area (Å²) in [5.41, 5.74) is 1.23. The van der Waals surface area contributed by atoms with Gasteiger partial charge in [-0.15, -0.1) is 0 Å². The van der Waals surface area contributed by atoms with E-state index in [4.69, 9.17) is 5.26 Å². The van der Waals surface area contributed by atoms with Gasteiger partial charge in [0.2, 0.25) is 0 Å². The minimum absolute atomic E-state index is 0.304. The normalized spacial score (nSPS) is 9.36. The monoisotopic (exact) mass is 202 g/mol. The van der Waals surface area contributed by atoms with Crippen LogP contribution in [0.1, 0.15) is 5.69 Å². The Bertz CT molecular complexity index is 458. The van der Waals surface area contributed by atoms with Crippen molar-refractivity contribution in [3.05, 3.63) is 34.9 Å². The van der Waals surface area contributed by atoms with Crippen LogP contribution in [0, 0.1) is 11.3 Å². The average molecular weight is 202 g/mol. The Kier molecular flexibility index (Phi) is 2.38. The Balaban J connectivity index is 2.30. The zero-order valence-corrected chi connectivity index (χ0v) is 7.95. The molecule has 14 heavy (non-hydrogen) atoms. The number of hydrogen-bond acceptors (Lipinski definition) is 5. The van der Waals surface area contributed by atoms with E-state index in [0.717, 1.165) is 5.69 Å². The summed E-state index contributed by atoms with van der Waals surface area (Å²) in [6, 6.07) is 3.89. The second kappa shape index (κ2) is 3.85. The predicted octanol–water partition coefficient (Wildman–Crippen LogP) is 2.15. The number of aromatic nitrogens is 2. The molecule has 0 radical (unpaired) electrons. The maximum atomic E-state index is 8.76. The lowest BCUT2D eigenvalue weighted by Gasteiger charge is -2.02. The van der Waals surface area contributed by atoms with Crippen LogP contribution in [0.4, 0.5) is 11.5 Å². The maximum absolute atomic E-state index is 8.76. The van der Waals surface area contributed by atoms with Crippen LogP contribution in [0.2, 0.25) is 0 Å². The molecule has 5 heteroatoms. The summed E-state index contributed by atoms with van der Waals surface area (Å²) in [4.78, 5) is 7.93. The van der Waals surface area contributed by atoms with Gasteiger partial charge in [0.15, 0.2) is 11.5 Å². The van der Waals surface area contributed by atoms with Crippen LogP contribution < -0.4 is 5.32 Å². The van der Waals surface area contributed by atoms with E-state index in [2.05, 4.69) is 15.3 Å². The molecular weight excluding hydrogens is 196 g/mol. The van der Waals surface area contributed by atoms with E-state index in [0.29, 0.717) is 11.5 Å². The summed E-state index contributed by atoms with van der Waals surface area (Å²) in [5, 5.41) is 15.7. The lowest BCUT2D eigenvalue weighted by molar-refractivity contribution is 1.16. The van der Waals surface area contributed by atoms with Gasteiger partial charge in [-0.05, 0) is 11.4 Å². The SMILES string of the molecule is N#Cc1nccnc1Nc1ccsc1. The van der Waals surface area contributed by atoms with Crippen LogP contribution in [-0.2, 0) is 0 Å². The highest BCUT2D eigenvalue weighted by molar-refractivity contribution is 7.08. The van der Waals surface area contributed by atoms with Gasteiger partial charge in [-0.2, -0.15) is 16.6 Å². The fraction of sp³-hybridized carbons (Fsp3) is 0. The van der Waals surface area contributed by atoms with E-state index in [1.807, 2.05) is 22.9 Å². The van der Waals surface area contributed by atoms with Crippen LogP contribution in [-0.4, -0.2) is 9.97 Å².